The van der Waals surface area contributed by atoms with E-state index in [2.05, 4.69) is 10.6 Å². The Hall–Kier alpha value is -4.17. The van der Waals surface area contributed by atoms with Gasteiger partial charge in [-0.1, -0.05) is 48.5 Å². The number of carbonyl (C=O) groups excluding carboxylic acids is 3. The molecule has 3 aromatic carbocycles. The van der Waals surface area contributed by atoms with Crippen LogP contribution in [0.15, 0.2) is 78.9 Å². The van der Waals surface area contributed by atoms with E-state index in [-0.39, 0.29) is 24.1 Å². The molecule has 8 nitrogen and oxygen atoms in total. The molecule has 1 aliphatic heterocycles. The van der Waals surface area contributed by atoms with Crippen molar-refractivity contribution in [1.29, 1.82) is 0 Å². The van der Waals surface area contributed by atoms with Crippen molar-refractivity contribution in [1.82, 2.24) is 10.2 Å². The summed E-state index contributed by atoms with van der Waals surface area (Å²) in [6, 6.07) is 23.1. The SMILES string of the molecule is CNCCN(C)C(=O)c1ccc2c(c1)NC(=O)CC(c1ccccc1)N2C(=O)C(C)Oc1ccccc1. The van der Waals surface area contributed by atoms with Crippen LogP contribution in [-0.2, 0) is 9.59 Å². The van der Waals surface area contributed by atoms with Gasteiger partial charge in [0.05, 0.1) is 23.8 Å². The van der Waals surface area contributed by atoms with Crippen LogP contribution in [0.4, 0.5) is 11.4 Å². The minimum Gasteiger partial charge on any atom is -0.481 e. The number of benzene rings is 3. The molecule has 2 unspecified atom stereocenters. The number of nitrogens with one attached hydrogen (secondary N) is 2. The van der Waals surface area contributed by atoms with Crippen molar-refractivity contribution >= 4 is 29.1 Å². The highest BCUT2D eigenvalue weighted by Crippen LogP contribution is 2.39. The number of fused-ring (bicyclic) bond motifs is 1. The van der Waals surface area contributed by atoms with Gasteiger partial charge in [-0.15, -0.1) is 0 Å². The summed E-state index contributed by atoms with van der Waals surface area (Å²) in [4.78, 5) is 43.2. The zero-order valence-electron chi connectivity index (χ0n) is 21.3. The maximum Gasteiger partial charge on any atom is 0.268 e. The first-order chi connectivity index (χ1) is 17.9. The van der Waals surface area contributed by atoms with Crippen molar-refractivity contribution in [3.05, 3.63) is 90.0 Å². The summed E-state index contributed by atoms with van der Waals surface area (Å²) < 4.78 is 5.96. The van der Waals surface area contributed by atoms with Crippen LogP contribution in [0.25, 0.3) is 0 Å². The van der Waals surface area contributed by atoms with Crippen LogP contribution in [0.5, 0.6) is 5.75 Å². The van der Waals surface area contributed by atoms with Crippen molar-refractivity contribution < 1.29 is 19.1 Å². The predicted molar refractivity (Wildman–Crippen MR) is 144 cm³/mol. The number of likely N-dealkylation sites (N-methyl/N-ethyl adjacent to an activating group) is 2. The minimum absolute atomic E-state index is 0.0633. The molecule has 0 fully saturated rings. The van der Waals surface area contributed by atoms with E-state index in [0.717, 1.165) is 5.56 Å². The lowest BCUT2D eigenvalue weighted by atomic mass is 10.0. The third-order valence-corrected chi connectivity index (χ3v) is 6.34. The van der Waals surface area contributed by atoms with Crippen molar-refractivity contribution in [3.63, 3.8) is 0 Å². The molecule has 0 bridgehead atoms. The molecule has 3 aromatic rings. The van der Waals surface area contributed by atoms with Crippen LogP contribution < -0.4 is 20.3 Å². The molecular formula is C29H32N4O4. The molecule has 0 saturated heterocycles. The van der Waals surface area contributed by atoms with E-state index >= 15 is 0 Å². The summed E-state index contributed by atoms with van der Waals surface area (Å²) in [5.41, 5.74) is 2.19. The maximum absolute atomic E-state index is 13.9. The molecule has 192 valence electrons. The molecule has 4 rings (SSSR count). The third-order valence-electron chi connectivity index (χ3n) is 6.34. The van der Waals surface area contributed by atoms with Crippen LogP contribution in [0, 0.1) is 0 Å². The monoisotopic (exact) mass is 500 g/mol. The molecule has 37 heavy (non-hydrogen) atoms. The molecule has 1 heterocycles. The number of ether oxygens (including phenoxy) is 1. The van der Waals surface area contributed by atoms with Crippen LogP contribution in [0.3, 0.4) is 0 Å². The second-order valence-corrected chi connectivity index (χ2v) is 9.02. The van der Waals surface area contributed by atoms with E-state index in [0.29, 0.717) is 35.8 Å². The first-order valence-electron chi connectivity index (χ1n) is 12.3. The lowest BCUT2D eigenvalue weighted by Gasteiger charge is -2.33. The molecular weight excluding hydrogens is 468 g/mol. The predicted octanol–water partition coefficient (Wildman–Crippen LogP) is 3.86. The molecule has 1 aliphatic rings. The number of hydrogen-bond acceptors (Lipinski definition) is 5. The quantitative estimate of drug-likeness (QED) is 0.490. The topological polar surface area (TPSA) is 91.0 Å². The van der Waals surface area contributed by atoms with Crippen LogP contribution in [-0.4, -0.2) is 55.9 Å². The Balaban J connectivity index is 1.74. The Kier molecular flexibility index (Phi) is 8.20. The van der Waals surface area contributed by atoms with Gasteiger partial charge in [-0.2, -0.15) is 0 Å². The Morgan fingerprint density at radius 2 is 1.76 bits per heavy atom. The number of carbonyl (C=O) groups is 3. The third kappa shape index (κ3) is 5.98. The van der Waals surface area contributed by atoms with Gasteiger partial charge in [0.1, 0.15) is 5.75 Å². The molecule has 2 N–H and O–H groups in total. The number of anilines is 2. The van der Waals surface area contributed by atoms with Gasteiger partial charge in [-0.25, -0.2) is 0 Å². The van der Waals surface area contributed by atoms with Gasteiger partial charge in [0.25, 0.3) is 11.8 Å². The van der Waals surface area contributed by atoms with E-state index in [1.165, 1.54) is 0 Å². The fourth-order valence-electron chi connectivity index (χ4n) is 4.38. The zero-order chi connectivity index (χ0) is 26.4. The van der Waals surface area contributed by atoms with Gasteiger partial charge in [-0.3, -0.25) is 19.3 Å². The van der Waals surface area contributed by atoms with Crippen LogP contribution in [0.1, 0.15) is 35.3 Å². The highest BCUT2D eigenvalue weighted by atomic mass is 16.5. The van der Waals surface area contributed by atoms with Crippen LogP contribution in [0.2, 0.25) is 0 Å². The summed E-state index contributed by atoms with van der Waals surface area (Å²) in [6.07, 6.45) is -0.753. The first kappa shape index (κ1) is 25.9. The maximum atomic E-state index is 13.9. The molecule has 0 aliphatic carbocycles. The molecule has 2 atom stereocenters. The summed E-state index contributed by atoms with van der Waals surface area (Å²) in [5.74, 6) is -0.125. The van der Waals surface area contributed by atoms with E-state index in [1.807, 2.05) is 55.6 Å². The molecule has 0 saturated carbocycles. The Morgan fingerprint density at radius 3 is 2.43 bits per heavy atom. The van der Waals surface area contributed by atoms with E-state index in [4.69, 9.17) is 4.74 Å². The molecule has 3 amide bonds. The second kappa shape index (κ2) is 11.7. The first-order valence-corrected chi connectivity index (χ1v) is 12.3. The van der Waals surface area contributed by atoms with Gasteiger partial charge >= 0.3 is 0 Å². The highest BCUT2D eigenvalue weighted by molar-refractivity contribution is 6.07. The lowest BCUT2D eigenvalue weighted by Crippen LogP contribution is -2.43. The zero-order valence-corrected chi connectivity index (χ0v) is 21.3. The lowest BCUT2D eigenvalue weighted by molar-refractivity contribution is -0.125. The fourth-order valence-corrected chi connectivity index (χ4v) is 4.38. The molecule has 0 spiro atoms. The van der Waals surface area contributed by atoms with Crippen LogP contribution >= 0.6 is 0 Å². The second-order valence-electron chi connectivity index (χ2n) is 9.02. The molecule has 0 radical (unpaired) electrons. The summed E-state index contributed by atoms with van der Waals surface area (Å²) in [7, 11) is 3.56. The van der Waals surface area contributed by atoms with Crippen molar-refractivity contribution in [2.75, 3.05) is 37.4 Å². The average Bonchev–Trinajstić information content (AvgIpc) is 3.07. The fraction of sp³-hybridized carbons (Fsp3) is 0.276. The number of nitrogens with zero attached hydrogens (tertiary/aromatic N) is 2. The van der Waals surface area contributed by atoms with E-state index < -0.39 is 12.1 Å². The Bertz CT molecular complexity index is 1250. The van der Waals surface area contributed by atoms with Gasteiger partial charge in [0, 0.05) is 25.7 Å². The van der Waals surface area contributed by atoms with Gasteiger partial charge in [-0.05, 0) is 49.9 Å². The summed E-state index contributed by atoms with van der Waals surface area (Å²) >= 11 is 0. The number of hydrogen-bond donors (Lipinski definition) is 2. The van der Waals surface area contributed by atoms with Crippen molar-refractivity contribution in [3.8, 4) is 5.75 Å². The smallest absolute Gasteiger partial charge is 0.268 e. The number of amides is 3. The largest absolute Gasteiger partial charge is 0.481 e. The van der Waals surface area contributed by atoms with E-state index in [9.17, 15) is 14.4 Å². The Morgan fingerprint density at radius 1 is 1.08 bits per heavy atom. The van der Waals surface area contributed by atoms with Gasteiger partial charge in [0.2, 0.25) is 5.91 Å². The van der Waals surface area contributed by atoms with E-state index in [1.54, 1.807) is 54.1 Å². The average molecular weight is 501 g/mol. The van der Waals surface area contributed by atoms with Gasteiger partial charge < -0.3 is 20.3 Å². The van der Waals surface area contributed by atoms with Crippen molar-refractivity contribution in [2.45, 2.75) is 25.5 Å². The molecule has 8 heteroatoms. The van der Waals surface area contributed by atoms with Gasteiger partial charge in [0.15, 0.2) is 6.10 Å². The normalized spacial score (nSPS) is 15.7. The standard InChI is InChI=1S/C29H32N4O4/c1-20(37-23-12-8-5-9-13-23)28(35)33-25-15-14-22(29(36)32(3)17-16-30-2)18-24(25)31-27(34)19-26(33)21-10-6-4-7-11-21/h4-15,18,20,26,30H,16-17,19H2,1-3H3,(H,31,34). The summed E-state index contributed by atoms with van der Waals surface area (Å²) in [6.45, 7) is 2.89. The minimum atomic E-state index is -0.816. The number of rotatable bonds is 8. The highest BCUT2D eigenvalue weighted by Gasteiger charge is 2.36. The summed E-state index contributed by atoms with van der Waals surface area (Å²) in [5, 5.41) is 5.94. The molecule has 0 aromatic heterocycles. The van der Waals surface area contributed by atoms with Crippen molar-refractivity contribution in [2.24, 2.45) is 0 Å². The number of para-hydroxylation sites is 1. The Labute approximate surface area is 217 Å².